The van der Waals surface area contributed by atoms with Gasteiger partial charge in [-0.1, -0.05) is 12.1 Å². The topological polar surface area (TPSA) is 88.2 Å². The zero-order valence-electron chi connectivity index (χ0n) is 18.0. The number of likely N-dealkylation sites (tertiary alicyclic amines) is 1. The van der Waals surface area contributed by atoms with Gasteiger partial charge in [0.1, 0.15) is 11.3 Å². The lowest BCUT2D eigenvalue weighted by Gasteiger charge is -2.33. The van der Waals surface area contributed by atoms with Crippen LogP contribution < -0.4 is 10.1 Å². The number of hydrogen-bond acceptors (Lipinski definition) is 6. The molecular formula is C22H31N3O5. The van der Waals surface area contributed by atoms with E-state index in [0.29, 0.717) is 26.0 Å². The second-order valence-corrected chi connectivity index (χ2v) is 8.15. The molecule has 2 saturated heterocycles. The summed E-state index contributed by atoms with van der Waals surface area (Å²) >= 11 is 0. The monoisotopic (exact) mass is 417 g/mol. The predicted molar refractivity (Wildman–Crippen MR) is 111 cm³/mol. The molecule has 0 spiro atoms. The van der Waals surface area contributed by atoms with Crippen LogP contribution in [0.5, 0.6) is 5.75 Å². The number of urea groups is 1. The molecule has 2 atom stereocenters. The number of esters is 1. The summed E-state index contributed by atoms with van der Waals surface area (Å²) in [6, 6.07) is 7.31. The third-order valence-corrected chi connectivity index (χ3v) is 5.88. The van der Waals surface area contributed by atoms with Gasteiger partial charge in [0, 0.05) is 6.54 Å². The summed E-state index contributed by atoms with van der Waals surface area (Å²) in [6.45, 7) is 5.36. The Morgan fingerprint density at radius 3 is 2.67 bits per heavy atom. The minimum atomic E-state index is -0.937. The molecule has 0 unspecified atom stereocenters. The van der Waals surface area contributed by atoms with E-state index < -0.39 is 5.54 Å². The molecule has 1 N–H and O–H groups in total. The second-order valence-electron chi connectivity index (χ2n) is 8.15. The SMILES string of the molecule is CCOC(=O)[C@H]1CCCN(CN2C(=O)N[C@](C)(CCc3ccc(OC)cc3)C2=O)C1. The Bertz CT molecular complexity index is 781. The number of aryl methyl sites for hydroxylation is 1. The van der Waals surface area contributed by atoms with E-state index >= 15 is 0 Å². The van der Waals surface area contributed by atoms with Crippen molar-refractivity contribution in [1.82, 2.24) is 15.1 Å². The van der Waals surface area contributed by atoms with Crippen molar-refractivity contribution in [3.63, 3.8) is 0 Å². The van der Waals surface area contributed by atoms with E-state index in [1.807, 2.05) is 29.2 Å². The molecule has 0 bridgehead atoms. The first kappa shape index (κ1) is 22.1. The molecule has 2 aliphatic rings. The number of imide groups is 1. The lowest BCUT2D eigenvalue weighted by atomic mass is 9.93. The molecule has 0 radical (unpaired) electrons. The zero-order valence-corrected chi connectivity index (χ0v) is 18.0. The van der Waals surface area contributed by atoms with Gasteiger partial charge in [0.15, 0.2) is 0 Å². The minimum Gasteiger partial charge on any atom is -0.497 e. The fraction of sp³-hybridized carbons (Fsp3) is 0.591. The van der Waals surface area contributed by atoms with Crippen LogP contribution in [0.2, 0.25) is 0 Å². The molecule has 30 heavy (non-hydrogen) atoms. The van der Waals surface area contributed by atoms with Gasteiger partial charge in [-0.15, -0.1) is 0 Å². The van der Waals surface area contributed by atoms with Crippen molar-refractivity contribution in [2.75, 3.05) is 33.5 Å². The number of piperidine rings is 1. The highest BCUT2D eigenvalue weighted by atomic mass is 16.5. The number of rotatable bonds is 8. The Kier molecular flexibility index (Phi) is 6.97. The zero-order chi connectivity index (χ0) is 21.7. The highest BCUT2D eigenvalue weighted by molar-refractivity contribution is 6.06. The molecule has 164 valence electrons. The first-order chi connectivity index (χ1) is 14.4. The Hall–Kier alpha value is -2.61. The molecule has 2 aliphatic heterocycles. The van der Waals surface area contributed by atoms with Crippen molar-refractivity contribution in [2.24, 2.45) is 5.92 Å². The van der Waals surface area contributed by atoms with Crippen molar-refractivity contribution in [1.29, 1.82) is 0 Å². The summed E-state index contributed by atoms with van der Waals surface area (Å²) in [7, 11) is 1.62. The maximum Gasteiger partial charge on any atom is 0.326 e. The predicted octanol–water partition coefficient (Wildman–Crippen LogP) is 2.17. The maximum atomic E-state index is 13.1. The second kappa shape index (κ2) is 9.47. The van der Waals surface area contributed by atoms with E-state index in [9.17, 15) is 14.4 Å². The summed E-state index contributed by atoms with van der Waals surface area (Å²) in [6.07, 6.45) is 2.78. The standard InChI is InChI=1S/C22H31N3O5/c1-4-30-19(26)17-6-5-13-24(14-17)15-25-20(27)22(2,23-21(25)28)12-11-16-7-9-18(29-3)10-8-16/h7-10,17H,4-6,11-15H2,1-3H3,(H,23,28)/t17-,22+/m0/s1. The van der Waals surface area contributed by atoms with E-state index in [-0.39, 0.29) is 30.5 Å². The molecule has 8 nitrogen and oxygen atoms in total. The van der Waals surface area contributed by atoms with Crippen molar-refractivity contribution >= 4 is 17.9 Å². The number of carbonyl (C=O) groups excluding carboxylic acids is 3. The van der Waals surface area contributed by atoms with Crippen LogP contribution in [0.15, 0.2) is 24.3 Å². The lowest BCUT2D eigenvalue weighted by molar-refractivity contribution is -0.150. The number of amides is 3. The third-order valence-electron chi connectivity index (χ3n) is 5.88. The van der Waals surface area contributed by atoms with Crippen molar-refractivity contribution < 1.29 is 23.9 Å². The largest absolute Gasteiger partial charge is 0.497 e. The molecule has 3 amide bonds. The highest BCUT2D eigenvalue weighted by Crippen LogP contribution is 2.26. The molecule has 2 fully saturated rings. The fourth-order valence-corrected chi connectivity index (χ4v) is 4.07. The van der Waals surface area contributed by atoms with Crippen LogP contribution in [0.1, 0.15) is 38.7 Å². The number of hydrogen-bond donors (Lipinski definition) is 1. The number of methoxy groups -OCH3 is 1. The molecule has 0 aromatic heterocycles. The average Bonchev–Trinajstić information content (AvgIpc) is 2.96. The first-order valence-electron chi connectivity index (χ1n) is 10.5. The van der Waals surface area contributed by atoms with Gasteiger partial charge in [-0.05, 0) is 63.8 Å². The Labute approximate surface area is 177 Å². The van der Waals surface area contributed by atoms with E-state index in [1.165, 1.54) is 4.90 Å². The number of carbonyl (C=O) groups is 3. The number of benzene rings is 1. The quantitative estimate of drug-likeness (QED) is 0.515. The third kappa shape index (κ3) is 4.92. The van der Waals surface area contributed by atoms with Crippen LogP contribution in [0.4, 0.5) is 4.79 Å². The molecule has 8 heteroatoms. The molecule has 0 aliphatic carbocycles. The van der Waals surface area contributed by atoms with Crippen LogP contribution >= 0.6 is 0 Å². The molecule has 0 saturated carbocycles. The van der Waals surface area contributed by atoms with Crippen molar-refractivity contribution in [3.05, 3.63) is 29.8 Å². The van der Waals surface area contributed by atoms with Gasteiger partial charge in [-0.25, -0.2) is 9.69 Å². The van der Waals surface area contributed by atoms with Gasteiger partial charge < -0.3 is 14.8 Å². The first-order valence-corrected chi connectivity index (χ1v) is 10.5. The van der Waals surface area contributed by atoms with Gasteiger partial charge in [0.05, 0.1) is 26.3 Å². The van der Waals surface area contributed by atoms with Gasteiger partial charge in [0.25, 0.3) is 5.91 Å². The summed E-state index contributed by atoms with van der Waals surface area (Å²) in [5, 5.41) is 2.86. The fourth-order valence-electron chi connectivity index (χ4n) is 4.07. The van der Waals surface area contributed by atoms with E-state index in [0.717, 1.165) is 30.7 Å². The van der Waals surface area contributed by atoms with E-state index in [1.54, 1.807) is 21.0 Å². The number of ether oxygens (including phenoxy) is 2. The van der Waals surface area contributed by atoms with Crippen LogP contribution in [0.3, 0.4) is 0 Å². The Morgan fingerprint density at radius 1 is 1.27 bits per heavy atom. The molecule has 3 rings (SSSR count). The van der Waals surface area contributed by atoms with Gasteiger partial charge >= 0.3 is 12.0 Å². The van der Waals surface area contributed by atoms with Crippen LogP contribution in [0.25, 0.3) is 0 Å². The normalized spacial score (nSPS) is 24.6. The Morgan fingerprint density at radius 2 is 2.00 bits per heavy atom. The summed E-state index contributed by atoms with van der Waals surface area (Å²) < 4.78 is 10.3. The average molecular weight is 418 g/mol. The van der Waals surface area contributed by atoms with Gasteiger partial charge in [-0.3, -0.25) is 14.5 Å². The highest BCUT2D eigenvalue weighted by Gasteiger charge is 2.48. The van der Waals surface area contributed by atoms with E-state index in [4.69, 9.17) is 9.47 Å². The molecular weight excluding hydrogens is 386 g/mol. The smallest absolute Gasteiger partial charge is 0.326 e. The number of nitrogens with zero attached hydrogens (tertiary/aromatic N) is 2. The summed E-state index contributed by atoms with van der Waals surface area (Å²) in [5.74, 6) is 0.146. The molecule has 1 aromatic rings. The Balaban J connectivity index is 1.58. The maximum absolute atomic E-state index is 13.1. The van der Waals surface area contributed by atoms with Crippen molar-refractivity contribution in [2.45, 2.75) is 45.1 Å². The van der Waals surface area contributed by atoms with Crippen LogP contribution in [0, 0.1) is 5.92 Å². The van der Waals surface area contributed by atoms with Gasteiger partial charge in [-0.2, -0.15) is 0 Å². The lowest BCUT2D eigenvalue weighted by Crippen LogP contribution is -2.48. The van der Waals surface area contributed by atoms with Crippen LogP contribution in [-0.2, 0) is 20.7 Å². The van der Waals surface area contributed by atoms with Crippen LogP contribution in [-0.4, -0.2) is 66.7 Å². The molecule has 2 heterocycles. The van der Waals surface area contributed by atoms with Gasteiger partial charge in [0.2, 0.25) is 0 Å². The van der Waals surface area contributed by atoms with E-state index in [2.05, 4.69) is 5.32 Å². The molecule has 1 aromatic carbocycles. The minimum absolute atomic E-state index is 0.193. The number of nitrogens with one attached hydrogen (secondary N) is 1. The summed E-state index contributed by atoms with van der Waals surface area (Å²) in [5.41, 5.74) is 0.138. The van der Waals surface area contributed by atoms with Crippen molar-refractivity contribution in [3.8, 4) is 5.75 Å². The summed E-state index contributed by atoms with van der Waals surface area (Å²) in [4.78, 5) is 40.9.